The van der Waals surface area contributed by atoms with E-state index in [9.17, 15) is 9.59 Å². The van der Waals surface area contributed by atoms with Gasteiger partial charge in [0.05, 0.1) is 11.1 Å². The van der Waals surface area contributed by atoms with E-state index in [-0.39, 0.29) is 17.0 Å². The van der Waals surface area contributed by atoms with Gasteiger partial charge in [-0.15, -0.1) is 0 Å². The van der Waals surface area contributed by atoms with Crippen LogP contribution in [0.5, 0.6) is 0 Å². The van der Waals surface area contributed by atoms with Crippen molar-refractivity contribution < 1.29 is 19.8 Å². The summed E-state index contributed by atoms with van der Waals surface area (Å²) >= 11 is 5.64. The molecule has 3 rings (SSSR count). The van der Waals surface area contributed by atoms with Crippen LogP contribution in [0, 0.1) is 5.41 Å². The zero-order valence-electron chi connectivity index (χ0n) is 13.5. The molecule has 1 aromatic carbocycles. The number of carbonyl (C=O) groups is 2. The van der Waals surface area contributed by atoms with Gasteiger partial charge in [0.25, 0.3) is 0 Å². The number of aromatic nitrogens is 2. The van der Waals surface area contributed by atoms with Gasteiger partial charge in [0.2, 0.25) is 0 Å². The summed E-state index contributed by atoms with van der Waals surface area (Å²) in [7, 11) is 0. The summed E-state index contributed by atoms with van der Waals surface area (Å²) in [6.07, 6.45) is 6.27. The van der Waals surface area contributed by atoms with Crippen molar-refractivity contribution in [2.45, 2.75) is 13.3 Å². The van der Waals surface area contributed by atoms with Gasteiger partial charge in [-0.3, -0.25) is 4.79 Å². The first-order chi connectivity index (χ1) is 11.8. The minimum atomic E-state index is -1.22. The second-order valence-corrected chi connectivity index (χ2v) is 6.13. The van der Waals surface area contributed by atoms with Gasteiger partial charge in [0.1, 0.15) is 0 Å². The standard InChI is InChI=1S/C9H9ClO4.C9H8N2/c1-9(8(13)14)3-5(7(11)12)2-6(10)4-9;1-2-5-9(6-3-1)11-8-4-7-10-11/h2,4H,3H2,1H3,(H,11,12)(H,13,14);1-8H. The number of benzene rings is 1. The van der Waals surface area contributed by atoms with E-state index in [1.54, 1.807) is 6.20 Å². The Hall–Kier alpha value is -2.86. The molecule has 0 spiro atoms. The molecule has 6 nitrogen and oxygen atoms in total. The quantitative estimate of drug-likeness (QED) is 0.874. The van der Waals surface area contributed by atoms with Crippen molar-refractivity contribution >= 4 is 23.5 Å². The third-order valence-corrected chi connectivity index (χ3v) is 3.83. The number of nitrogens with zero attached hydrogens (tertiary/aromatic N) is 2. The van der Waals surface area contributed by atoms with E-state index in [1.807, 2.05) is 47.3 Å². The highest BCUT2D eigenvalue weighted by Crippen LogP contribution is 2.35. The molecule has 1 unspecified atom stereocenters. The normalized spacial score (nSPS) is 19.1. The molecule has 25 heavy (non-hydrogen) atoms. The molecule has 0 aliphatic heterocycles. The van der Waals surface area contributed by atoms with E-state index >= 15 is 0 Å². The third kappa shape index (κ3) is 4.81. The second kappa shape index (κ2) is 7.81. The van der Waals surface area contributed by atoms with Crippen molar-refractivity contribution in [1.82, 2.24) is 9.78 Å². The molecule has 0 amide bonds. The fourth-order valence-corrected chi connectivity index (χ4v) is 2.66. The predicted molar refractivity (Wildman–Crippen MR) is 93.6 cm³/mol. The van der Waals surface area contributed by atoms with Crippen molar-refractivity contribution in [2.24, 2.45) is 5.41 Å². The molecule has 1 atom stereocenters. The van der Waals surface area contributed by atoms with Gasteiger partial charge in [0.15, 0.2) is 0 Å². The van der Waals surface area contributed by atoms with E-state index in [4.69, 9.17) is 21.8 Å². The van der Waals surface area contributed by atoms with Crippen LogP contribution in [0.3, 0.4) is 0 Å². The molecule has 2 aromatic rings. The maximum Gasteiger partial charge on any atom is 0.331 e. The smallest absolute Gasteiger partial charge is 0.331 e. The van der Waals surface area contributed by atoms with Gasteiger partial charge in [-0.2, -0.15) is 5.10 Å². The van der Waals surface area contributed by atoms with Crippen LogP contribution < -0.4 is 0 Å². The molecule has 0 saturated carbocycles. The topological polar surface area (TPSA) is 92.4 Å². The van der Waals surface area contributed by atoms with Crippen molar-refractivity contribution in [2.75, 3.05) is 0 Å². The maximum atomic E-state index is 10.9. The fraction of sp³-hybridized carbons (Fsp3) is 0.167. The average Bonchev–Trinajstić information content (AvgIpc) is 3.10. The summed E-state index contributed by atoms with van der Waals surface area (Å²) in [5.74, 6) is -2.22. The minimum Gasteiger partial charge on any atom is -0.481 e. The number of rotatable bonds is 3. The Bertz CT molecular complexity index is 813. The van der Waals surface area contributed by atoms with E-state index in [1.165, 1.54) is 19.1 Å². The molecule has 1 aliphatic rings. The van der Waals surface area contributed by atoms with Crippen molar-refractivity contribution in [3.63, 3.8) is 0 Å². The second-order valence-electron chi connectivity index (χ2n) is 5.69. The van der Waals surface area contributed by atoms with Crippen molar-refractivity contribution in [1.29, 1.82) is 0 Å². The number of aliphatic carboxylic acids is 2. The Kier molecular flexibility index (Phi) is 5.77. The monoisotopic (exact) mass is 360 g/mol. The molecule has 1 aliphatic carbocycles. The molecule has 0 bridgehead atoms. The van der Waals surface area contributed by atoms with E-state index in [0.717, 1.165) is 5.69 Å². The highest BCUT2D eigenvalue weighted by atomic mass is 35.5. The van der Waals surface area contributed by atoms with Crippen molar-refractivity contribution in [3.05, 3.63) is 71.5 Å². The lowest BCUT2D eigenvalue weighted by molar-refractivity contribution is -0.145. The largest absolute Gasteiger partial charge is 0.481 e. The van der Waals surface area contributed by atoms with Crippen LogP contribution in [0.25, 0.3) is 5.69 Å². The number of para-hydroxylation sites is 1. The van der Waals surface area contributed by atoms with Crippen LogP contribution in [-0.4, -0.2) is 31.9 Å². The SMILES string of the molecule is CC1(C(=O)O)C=C(Cl)C=C(C(=O)O)C1.c1ccc(-n2cccn2)cc1. The molecule has 0 saturated heterocycles. The molecule has 7 heteroatoms. The summed E-state index contributed by atoms with van der Waals surface area (Å²) in [5, 5.41) is 21.9. The van der Waals surface area contributed by atoms with Gasteiger partial charge in [-0.25, -0.2) is 9.48 Å². The summed E-state index contributed by atoms with van der Waals surface area (Å²) in [6.45, 7) is 1.44. The first kappa shape index (κ1) is 18.5. The lowest BCUT2D eigenvalue weighted by Gasteiger charge is -2.24. The van der Waals surface area contributed by atoms with Crippen LogP contribution in [0.4, 0.5) is 0 Å². The summed E-state index contributed by atoms with van der Waals surface area (Å²) in [5.41, 5.74) is -0.112. The lowest BCUT2D eigenvalue weighted by atomic mass is 9.80. The van der Waals surface area contributed by atoms with Gasteiger partial charge in [0, 0.05) is 23.0 Å². The van der Waals surface area contributed by atoms with Crippen LogP contribution in [0.2, 0.25) is 0 Å². The molecule has 130 valence electrons. The molecular weight excluding hydrogens is 344 g/mol. The van der Waals surface area contributed by atoms with E-state index in [2.05, 4.69) is 5.10 Å². The molecule has 1 aromatic heterocycles. The Balaban J connectivity index is 0.000000185. The molecule has 1 heterocycles. The number of halogens is 1. The first-order valence-electron chi connectivity index (χ1n) is 7.42. The van der Waals surface area contributed by atoms with Gasteiger partial charge in [-0.1, -0.05) is 29.8 Å². The van der Waals surface area contributed by atoms with Crippen LogP contribution >= 0.6 is 11.6 Å². The summed E-state index contributed by atoms with van der Waals surface area (Å²) in [6, 6.07) is 11.9. The Labute approximate surface area is 149 Å². The van der Waals surface area contributed by atoms with Crippen LogP contribution in [0.15, 0.2) is 71.5 Å². The highest BCUT2D eigenvalue weighted by molar-refractivity contribution is 6.31. The van der Waals surface area contributed by atoms with Crippen LogP contribution in [0.1, 0.15) is 13.3 Å². The molecule has 2 N–H and O–H groups in total. The van der Waals surface area contributed by atoms with E-state index < -0.39 is 17.4 Å². The third-order valence-electron chi connectivity index (χ3n) is 3.61. The van der Waals surface area contributed by atoms with Gasteiger partial charge < -0.3 is 10.2 Å². The minimum absolute atomic E-state index is 0.0161. The number of allylic oxidation sites excluding steroid dienone is 2. The maximum absolute atomic E-state index is 10.9. The number of hydrogen-bond acceptors (Lipinski definition) is 3. The number of carboxylic acids is 2. The van der Waals surface area contributed by atoms with Gasteiger partial charge in [-0.05, 0) is 43.7 Å². The lowest BCUT2D eigenvalue weighted by Crippen LogP contribution is -2.29. The first-order valence-corrected chi connectivity index (χ1v) is 7.80. The summed E-state index contributed by atoms with van der Waals surface area (Å²) in [4.78, 5) is 21.5. The number of hydrogen-bond donors (Lipinski definition) is 2. The Morgan fingerprint density at radius 2 is 1.88 bits per heavy atom. The Morgan fingerprint density at radius 3 is 2.40 bits per heavy atom. The fourth-order valence-electron chi connectivity index (χ4n) is 2.29. The summed E-state index contributed by atoms with van der Waals surface area (Å²) < 4.78 is 1.83. The molecule has 0 radical (unpaired) electrons. The Morgan fingerprint density at radius 1 is 1.20 bits per heavy atom. The van der Waals surface area contributed by atoms with Gasteiger partial charge >= 0.3 is 11.9 Å². The number of carboxylic acid groups (broad SMARTS) is 2. The zero-order chi connectivity index (χ0) is 18.4. The van der Waals surface area contributed by atoms with Crippen molar-refractivity contribution in [3.8, 4) is 5.69 Å². The highest BCUT2D eigenvalue weighted by Gasteiger charge is 2.36. The van der Waals surface area contributed by atoms with E-state index in [0.29, 0.717) is 0 Å². The predicted octanol–water partition coefficient (Wildman–Crippen LogP) is 3.49. The molecular formula is C18H17ClN2O4. The molecule has 0 fully saturated rings. The zero-order valence-corrected chi connectivity index (χ0v) is 14.2. The van der Waals surface area contributed by atoms with Crippen LogP contribution in [-0.2, 0) is 9.59 Å². The average molecular weight is 361 g/mol.